The second kappa shape index (κ2) is 6.80. The van der Waals surface area contributed by atoms with Crippen molar-refractivity contribution in [2.75, 3.05) is 17.6 Å². The first-order chi connectivity index (χ1) is 11.1. The number of fused-ring (bicyclic) bond motifs is 1. The highest BCUT2D eigenvalue weighted by Gasteiger charge is 2.29. The van der Waals surface area contributed by atoms with Crippen LogP contribution in [0.2, 0.25) is 0 Å². The Kier molecular flexibility index (Phi) is 4.77. The van der Waals surface area contributed by atoms with E-state index in [4.69, 9.17) is 4.74 Å². The van der Waals surface area contributed by atoms with Gasteiger partial charge >= 0.3 is 0 Å². The molecule has 0 saturated heterocycles. The lowest BCUT2D eigenvalue weighted by molar-refractivity contribution is 0.0718. The number of methoxy groups -OCH3 is 1. The molecule has 1 saturated carbocycles. The summed E-state index contributed by atoms with van der Waals surface area (Å²) in [6.45, 7) is 0. The summed E-state index contributed by atoms with van der Waals surface area (Å²) in [4.78, 5) is 8.41. The molecule has 1 atom stereocenters. The highest BCUT2D eigenvalue weighted by Crippen LogP contribution is 2.30. The molecule has 6 nitrogen and oxygen atoms in total. The monoisotopic (exact) mass is 335 g/mol. The van der Waals surface area contributed by atoms with Crippen LogP contribution in [0.1, 0.15) is 25.7 Å². The third kappa shape index (κ3) is 3.79. The standard InChI is InChI=1S/C16H21N3O3S/c1-22-15(12-5-2-3-6-12)11-23(20,21)19-14-8-10-17-13-7-4-9-18-16(13)14/h4,7-10,12,15H,2-3,5-6,11H2,1H3,(H,17,19). The molecule has 3 rings (SSSR count). The third-order valence-electron chi connectivity index (χ3n) is 4.37. The minimum atomic E-state index is -3.52. The Labute approximate surface area is 136 Å². The Morgan fingerprint density at radius 3 is 2.78 bits per heavy atom. The van der Waals surface area contributed by atoms with Gasteiger partial charge in [0.1, 0.15) is 5.52 Å². The van der Waals surface area contributed by atoms with Crippen LogP contribution in [0.4, 0.5) is 5.69 Å². The highest BCUT2D eigenvalue weighted by atomic mass is 32.2. The molecule has 1 aliphatic carbocycles. The molecular weight excluding hydrogens is 314 g/mol. The normalized spacial score (nSPS) is 17.4. The Hall–Kier alpha value is -1.73. The van der Waals surface area contributed by atoms with Crippen molar-refractivity contribution in [2.24, 2.45) is 5.92 Å². The second-order valence-electron chi connectivity index (χ2n) is 5.93. The molecule has 7 heteroatoms. The molecule has 1 N–H and O–H groups in total. The van der Waals surface area contributed by atoms with Gasteiger partial charge in [-0.1, -0.05) is 12.8 Å². The van der Waals surface area contributed by atoms with Crippen molar-refractivity contribution in [3.8, 4) is 0 Å². The van der Waals surface area contributed by atoms with E-state index in [1.165, 1.54) is 0 Å². The van der Waals surface area contributed by atoms with Crippen LogP contribution in [0.15, 0.2) is 30.6 Å². The van der Waals surface area contributed by atoms with Gasteiger partial charge in [0.25, 0.3) is 0 Å². The molecule has 0 amide bonds. The van der Waals surface area contributed by atoms with E-state index in [0.29, 0.717) is 22.6 Å². The minimum absolute atomic E-state index is 0.0369. The SMILES string of the molecule is COC(CS(=O)(=O)Nc1ccnc2cccnc12)C1CCCC1. The van der Waals surface area contributed by atoms with E-state index in [-0.39, 0.29) is 11.9 Å². The molecule has 2 heterocycles. The summed E-state index contributed by atoms with van der Waals surface area (Å²) in [7, 11) is -1.93. The van der Waals surface area contributed by atoms with Crippen LogP contribution in [0, 0.1) is 5.92 Å². The Morgan fingerprint density at radius 2 is 2.04 bits per heavy atom. The smallest absolute Gasteiger partial charge is 0.235 e. The number of anilines is 1. The lowest BCUT2D eigenvalue weighted by atomic mass is 10.0. The largest absolute Gasteiger partial charge is 0.380 e. The molecule has 124 valence electrons. The van der Waals surface area contributed by atoms with Gasteiger partial charge in [0.2, 0.25) is 10.0 Å². The maximum atomic E-state index is 12.5. The molecular formula is C16H21N3O3S. The van der Waals surface area contributed by atoms with Crippen molar-refractivity contribution in [3.63, 3.8) is 0 Å². The van der Waals surface area contributed by atoms with Crippen LogP contribution < -0.4 is 4.72 Å². The highest BCUT2D eigenvalue weighted by molar-refractivity contribution is 7.92. The lowest BCUT2D eigenvalue weighted by Gasteiger charge is -2.22. The molecule has 0 radical (unpaired) electrons. The fourth-order valence-corrected chi connectivity index (χ4v) is 4.64. The third-order valence-corrected chi connectivity index (χ3v) is 5.67. The van der Waals surface area contributed by atoms with Crippen molar-refractivity contribution in [1.82, 2.24) is 9.97 Å². The first-order valence-electron chi connectivity index (χ1n) is 7.82. The average molecular weight is 335 g/mol. The molecule has 23 heavy (non-hydrogen) atoms. The van der Waals surface area contributed by atoms with E-state index >= 15 is 0 Å². The van der Waals surface area contributed by atoms with E-state index in [1.807, 2.05) is 0 Å². The Morgan fingerprint density at radius 1 is 1.26 bits per heavy atom. The van der Waals surface area contributed by atoms with Crippen LogP contribution in [0.5, 0.6) is 0 Å². The second-order valence-corrected chi connectivity index (χ2v) is 7.70. The van der Waals surface area contributed by atoms with E-state index in [2.05, 4.69) is 14.7 Å². The summed E-state index contributed by atoms with van der Waals surface area (Å²) >= 11 is 0. The van der Waals surface area contributed by atoms with Gasteiger partial charge in [-0.15, -0.1) is 0 Å². The maximum absolute atomic E-state index is 12.5. The number of aromatic nitrogens is 2. The number of ether oxygens (including phenoxy) is 1. The molecule has 0 aromatic carbocycles. The lowest BCUT2D eigenvalue weighted by Crippen LogP contribution is -2.32. The van der Waals surface area contributed by atoms with E-state index in [9.17, 15) is 8.42 Å². The van der Waals surface area contributed by atoms with E-state index in [1.54, 1.807) is 37.7 Å². The number of rotatable bonds is 6. The summed E-state index contributed by atoms with van der Waals surface area (Å²) in [5, 5.41) is 0. The van der Waals surface area contributed by atoms with Gasteiger partial charge in [0.05, 0.1) is 23.1 Å². The zero-order valence-electron chi connectivity index (χ0n) is 13.1. The quantitative estimate of drug-likeness (QED) is 0.877. The summed E-state index contributed by atoms with van der Waals surface area (Å²) in [5.74, 6) is 0.286. The van der Waals surface area contributed by atoms with E-state index in [0.717, 1.165) is 25.7 Å². The molecule has 1 fully saturated rings. The van der Waals surface area contributed by atoms with Crippen molar-refractivity contribution < 1.29 is 13.2 Å². The Bertz CT molecular complexity index is 768. The topological polar surface area (TPSA) is 81.2 Å². The molecule has 2 aromatic heterocycles. The van der Waals surface area contributed by atoms with Gasteiger partial charge in [-0.05, 0) is 37.0 Å². The first kappa shape index (κ1) is 16.1. The van der Waals surface area contributed by atoms with Crippen LogP contribution in [0.3, 0.4) is 0 Å². The van der Waals surface area contributed by atoms with E-state index < -0.39 is 10.0 Å². The molecule has 1 aliphatic rings. The molecule has 1 unspecified atom stereocenters. The van der Waals surface area contributed by atoms with Gasteiger partial charge in [-0.2, -0.15) is 0 Å². The van der Waals surface area contributed by atoms with Gasteiger partial charge in [0.15, 0.2) is 0 Å². The average Bonchev–Trinajstić information content (AvgIpc) is 3.07. The number of nitrogens with one attached hydrogen (secondary N) is 1. The predicted molar refractivity (Wildman–Crippen MR) is 89.7 cm³/mol. The van der Waals surface area contributed by atoms with Crippen LogP contribution in [0.25, 0.3) is 11.0 Å². The van der Waals surface area contributed by atoms with Crippen molar-refractivity contribution in [3.05, 3.63) is 30.6 Å². The molecule has 0 spiro atoms. The van der Waals surface area contributed by atoms with Crippen molar-refractivity contribution in [1.29, 1.82) is 0 Å². The summed E-state index contributed by atoms with van der Waals surface area (Å²) < 4.78 is 33.1. The van der Waals surface area contributed by atoms with Crippen LogP contribution >= 0.6 is 0 Å². The summed E-state index contributed by atoms with van der Waals surface area (Å²) in [5.41, 5.74) is 1.66. The van der Waals surface area contributed by atoms with Crippen molar-refractivity contribution >= 4 is 26.7 Å². The fourth-order valence-electron chi connectivity index (χ4n) is 3.21. The summed E-state index contributed by atoms with van der Waals surface area (Å²) in [6.07, 6.45) is 7.30. The molecule has 0 bridgehead atoms. The minimum Gasteiger partial charge on any atom is -0.380 e. The fraction of sp³-hybridized carbons (Fsp3) is 0.500. The molecule has 0 aliphatic heterocycles. The number of hydrogen-bond donors (Lipinski definition) is 1. The van der Waals surface area contributed by atoms with Crippen LogP contribution in [-0.4, -0.2) is 37.4 Å². The zero-order valence-corrected chi connectivity index (χ0v) is 13.9. The first-order valence-corrected chi connectivity index (χ1v) is 9.47. The number of nitrogens with zero attached hydrogens (tertiary/aromatic N) is 2. The van der Waals surface area contributed by atoms with Gasteiger partial charge in [-0.3, -0.25) is 14.7 Å². The summed E-state index contributed by atoms with van der Waals surface area (Å²) in [6, 6.07) is 5.20. The number of hydrogen-bond acceptors (Lipinski definition) is 5. The number of sulfonamides is 1. The predicted octanol–water partition coefficient (Wildman–Crippen LogP) is 2.58. The van der Waals surface area contributed by atoms with Crippen LogP contribution in [-0.2, 0) is 14.8 Å². The van der Waals surface area contributed by atoms with Gasteiger partial charge in [-0.25, -0.2) is 8.42 Å². The van der Waals surface area contributed by atoms with Gasteiger partial charge in [0, 0.05) is 19.5 Å². The van der Waals surface area contributed by atoms with Gasteiger partial charge < -0.3 is 4.74 Å². The Balaban J connectivity index is 1.79. The van der Waals surface area contributed by atoms with Crippen molar-refractivity contribution in [2.45, 2.75) is 31.8 Å². The maximum Gasteiger partial charge on any atom is 0.235 e. The molecule has 2 aromatic rings. The number of pyridine rings is 2. The zero-order chi connectivity index (χ0) is 16.3.